The number of piperazine rings is 1. The van der Waals surface area contributed by atoms with Crippen LogP contribution in [0.4, 0.5) is 17.6 Å². The first-order valence-corrected chi connectivity index (χ1v) is 8.85. The molecule has 1 atom stereocenters. The molecule has 2 saturated heterocycles. The second-order valence-electron chi connectivity index (χ2n) is 6.50. The van der Waals surface area contributed by atoms with Crippen molar-refractivity contribution in [2.45, 2.75) is 25.1 Å². The molecule has 1 aromatic carbocycles. The largest absolute Gasteiger partial charge is 0.416 e. The van der Waals surface area contributed by atoms with Crippen LogP contribution in [0.1, 0.15) is 30.0 Å². The first-order chi connectivity index (χ1) is 11.9. The molecule has 2 fully saturated rings. The Labute approximate surface area is 173 Å². The Hall–Kier alpha value is -0.310. The van der Waals surface area contributed by atoms with E-state index in [2.05, 4.69) is 5.32 Å². The molecule has 2 heterocycles. The average Bonchev–Trinajstić information content (AvgIpc) is 2.60. The average molecular weight is 454 g/mol. The molecule has 27 heavy (non-hydrogen) atoms. The van der Waals surface area contributed by atoms with Gasteiger partial charge in [-0.05, 0) is 30.9 Å². The Morgan fingerprint density at radius 1 is 1.11 bits per heavy atom. The van der Waals surface area contributed by atoms with Gasteiger partial charge in [-0.25, -0.2) is 4.39 Å². The first-order valence-electron chi connectivity index (χ1n) is 8.47. The summed E-state index contributed by atoms with van der Waals surface area (Å²) in [5.74, 6) is -1.05. The van der Waals surface area contributed by atoms with Gasteiger partial charge in [-0.3, -0.25) is 4.90 Å². The van der Waals surface area contributed by atoms with Crippen LogP contribution in [0.25, 0.3) is 0 Å². The van der Waals surface area contributed by atoms with Crippen LogP contribution in [0, 0.1) is 11.7 Å². The minimum absolute atomic E-state index is 0. The maximum atomic E-state index is 14.8. The molecule has 156 valence electrons. The molecular weight excluding hydrogens is 431 g/mol. The second-order valence-corrected chi connectivity index (χ2v) is 6.91. The molecule has 0 amide bonds. The molecule has 1 N–H and O–H groups in total. The number of ether oxygens (including phenoxy) is 1. The number of hydrogen-bond acceptors (Lipinski definition) is 3. The van der Waals surface area contributed by atoms with Gasteiger partial charge in [0.1, 0.15) is 5.82 Å². The third-order valence-electron chi connectivity index (χ3n) is 4.99. The lowest BCUT2D eigenvalue weighted by molar-refractivity contribution is -0.139. The Balaban J connectivity index is 0.00000182. The lowest BCUT2D eigenvalue weighted by atomic mass is 9.83. The van der Waals surface area contributed by atoms with Crippen LogP contribution in [-0.2, 0) is 10.9 Å². The molecule has 0 saturated carbocycles. The van der Waals surface area contributed by atoms with Crippen molar-refractivity contribution in [3.05, 3.63) is 34.1 Å². The summed E-state index contributed by atoms with van der Waals surface area (Å²) in [6, 6.07) is 1.23. The topological polar surface area (TPSA) is 24.5 Å². The quantitative estimate of drug-likeness (QED) is 0.671. The Kier molecular flexibility index (Phi) is 9.58. The van der Waals surface area contributed by atoms with Crippen molar-refractivity contribution in [2.75, 3.05) is 39.4 Å². The first kappa shape index (κ1) is 24.7. The summed E-state index contributed by atoms with van der Waals surface area (Å²) >= 11 is 5.86. The summed E-state index contributed by atoms with van der Waals surface area (Å²) < 4.78 is 61.0. The van der Waals surface area contributed by atoms with Crippen LogP contribution in [0.2, 0.25) is 5.02 Å². The van der Waals surface area contributed by atoms with Gasteiger partial charge in [0.25, 0.3) is 0 Å². The molecule has 10 heteroatoms. The van der Waals surface area contributed by atoms with Gasteiger partial charge in [0, 0.05) is 51.0 Å². The molecule has 1 aromatic rings. The van der Waals surface area contributed by atoms with E-state index in [1.807, 2.05) is 4.90 Å². The van der Waals surface area contributed by atoms with Crippen LogP contribution in [0.15, 0.2) is 12.1 Å². The van der Waals surface area contributed by atoms with Crippen molar-refractivity contribution < 1.29 is 22.3 Å². The third kappa shape index (κ3) is 5.61. The van der Waals surface area contributed by atoms with Crippen LogP contribution >= 0.6 is 36.4 Å². The van der Waals surface area contributed by atoms with Crippen LogP contribution < -0.4 is 5.32 Å². The smallest absolute Gasteiger partial charge is 0.381 e. The van der Waals surface area contributed by atoms with Crippen molar-refractivity contribution in [1.82, 2.24) is 10.2 Å². The summed E-state index contributed by atoms with van der Waals surface area (Å²) in [5.41, 5.74) is -1.24. The van der Waals surface area contributed by atoms with Crippen LogP contribution in [0.5, 0.6) is 0 Å². The highest BCUT2D eigenvalue weighted by molar-refractivity contribution is 6.30. The van der Waals surface area contributed by atoms with Crippen molar-refractivity contribution in [3.8, 4) is 0 Å². The van der Waals surface area contributed by atoms with Gasteiger partial charge >= 0.3 is 6.18 Å². The Bertz CT molecular complexity index is 589. The fourth-order valence-corrected chi connectivity index (χ4v) is 3.98. The summed E-state index contributed by atoms with van der Waals surface area (Å²) in [6.45, 7) is 3.46. The van der Waals surface area contributed by atoms with Gasteiger partial charge in [0.15, 0.2) is 0 Å². The van der Waals surface area contributed by atoms with Gasteiger partial charge in [-0.2, -0.15) is 13.2 Å². The van der Waals surface area contributed by atoms with E-state index in [9.17, 15) is 17.6 Å². The zero-order valence-electron chi connectivity index (χ0n) is 14.5. The maximum absolute atomic E-state index is 14.8. The zero-order chi connectivity index (χ0) is 18.0. The second kappa shape index (κ2) is 10.5. The van der Waals surface area contributed by atoms with Crippen LogP contribution in [0.3, 0.4) is 0 Å². The van der Waals surface area contributed by atoms with Gasteiger partial charge in [-0.15, -0.1) is 24.8 Å². The Morgan fingerprint density at radius 3 is 2.26 bits per heavy atom. The minimum atomic E-state index is -4.63. The molecule has 3 nitrogen and oxygen atoms in total. The predicted molar refractivity (Wildman–Crippen MR) is 102 cm³/mol. The van der Waals surface area contributed by atoms with Gasteiger partial charge in [0.05, 0.1) is 10.6 Å². The van der Waals surface area contributed by atoms with E-state index in [-0.39, 0.29) is 41.3 Å². The standard InChI is InChI=1S/C17H21ClF4N2O.2ClH/c18-13-2-1-12(17(20,21)22)14(15(13)19)16(11-3-9-25-10-4-11)24-7-5-23-6-8-24;;/h1-2,11,16,23H,3-10H2;2*1H/t16-;;/m0../s1. The highest BCUT2D eigenvalue weighted by Gasteiger charge is 2.42. The lowest BCUT2D eigenvalue weighted by Gasteiger charge is -2.42. The van der Waals surface area contributed by atoms with E-state index in [1.54, 1.807) is 0 Å². The van der Waals surface area contributed by atoms with E-state index < -0.39 is 23.6 Å². The molecule has 0 aromatic heterocycles. The third-order valence-corrected chi connectivity index (χ3v) is 5.28. The van der Waals surface area contributed by atoms with Gasteiger partial charge < -0.3 is 10.1 Å². The summed E-state index contributed by atoms with van der Waals surface area (Å²) in [6.07, 6.45) is -3.41. The fourth-order valence-electron chi connectivity index (χ4n) is 3.81. The highest BCUT2D eigenvalue weighted by atomic mass is 35.5. The summed E-state index contributed by atoms with van der Waals surface area (Å²) in [4.78, 5) is 1.95. The molecule has 2 aliphatic heterocycles. The lowest BCUT2D eigenvalue weighted by Crippen LogP contribution is -2.48. The zero-order valence-corrected chi connectivity index (χ0v) is 16.9. The number of nitrogens with zero attached hydrogens (tertiary/aromatic N) is 1. The number of hydrogen-bond donors (Lipinski definition) is 1. The normalized spacial score (nSPS) is 20.5. The van der Waals surface area contributed by atoms with Crippen molar-refractivity contribution in [3.63, 3.8) is 0 Å². The van der Waals surface area contributed by atoms with Crippen LogP contribution in [-0.4, -0.2) is 44.3 Å². The summed E-state index contributed by atoms with van der Waals surface area (Å²) in [5, 5.41) is 2.92. The highest BCUT2D eigenvalue weighted by Crippen LogP contribution is 2.44. The number of benzene rings is 1. The molecule has 0 aliphatic carbocycles. The van der Waals surface area contributed by atoms with Gasteiger partial charge in [0.2, 0.25) is 0 Å². The molecule has 3 rings (SSSR count). The molecule has 0 radical (unpaired) electrons. The molecular formula is C17H23Cl3F4N2O. The van der Waals surface area contributed by atoms with Gasteiger partial charge in [-0.1, -0.05) is 11.6 Å². The van der Waals surface area contributed by atoms with E-state index in [4.69, 9.17) is 16.3 Å². The predicted octanol–water partition coefficient (Wildman–Crippen LogP) is 4.71. The molecule has 2 aliphatic rings. The minimum Gasteiger partial charge on any atom is -0.381 e. The molecule has 0 bridgehead atoms. The van der Waals surface area contributed by atoms with E-state index in [1.165, 1.54) is 0 Å². The van der Waals surface area contributed by atoms with E-state index in [0.29, 0.717) is 52.2 Å². The van der Waals surface area contributed by atoms with E-state index in [0.717, 1.165) is 12.1 Å². The molecule has 0 spiro atoms. The van der Waals surface area contributed by atoms with Crippen molar-refractivity contribution >= 4 is 36.4 Å². The SMILES string of the molecule is Cl.Cl.Fc1c(Cl)ccc(C(F)(F)F)c1[C@H](C1CCOCC1)N1CCNCC1. The number of alkyl halides is 3. The fraction of sp³-hybridized carbons (Fsp3) is 0.647. The maximum Gasteiger partial charge on any atom is 0.416 e. The Morgan fingerprint density at radius 2 is 1.70 bits per heavy atom. The van der Waals surface area contributed by atoms with Crippen molar-refractivity contribution in [1.29, 1.82) is 0 Å². The number of nitrogens with one attached hydrogen (secondary N) is 1. The number of halogens is 7. The van der Waals surface area contributed by atoms with Crippen molar-refractivity contribution in [2.24, 2.45) is 5.92 Å². The van der Waals surface area contributed by atoms with E-state index >= 15 is 0 Å². The summed E-state index contributed by atoms with van der Waals surface area (Å²) in [7, 11) is 0. The monoisotopic (exact) mass is 452 g/mol. The molecule has 0 unspecified atom stereocenters. The number of rotatable bonds is 3.